The van der Waals surface area contributed by atoms with Gasteiger partial charge in [-0.1, -0.05) is 0 Å². The van der Waals surface area contributed by atoms with Crippen molar-refractivity contribution in [3.63, 3.8) is 0 Å². The van der Waals surface area contributed by atoms with Gasteiger partial charge in [-0.3, -0.25) is 0 Å². The lowest BCUT2D eigenvalue weighted by atomic mass is 10.3. The van der Waals surface area contributed by atoms with E-state index in [1.807, 2.05) is 0 Å². The summed E-state index contributed by atoms with van der Waals surface area (Å²) in [5, 5.41) is 0. The first-order valence-electron chi connectivity index (χ1n) is 3.09. The van der Waals surface area contributed by atoms with E-state index < -0.39 is 0 Å². The molecule has 0 aromatic rings. The van der Waals surface area contributed by atoms with Gasteiger partial charge in [-0.15, -0.1) is 5.70 Å². The van der Waals surface area contributed by atoms with Gasteiger partial charge in [0.1, 0.15) is 0 Å². The lowest BCUT2D eigenvalue weighted by Crippen LogP contribution is -2.25. The Morgan fingerprint density at radius 3 is 2.20 bits per heavy atom. The van der Waals surface area contributed by atoms with E-state index in [1.54, 1.807) is 4.90 Å². The minimum Gasteiger partial charge on any atom is -0.343 e. The van der Waals surface area contributed by atoms with E-state index in [9.17, 15) is 0 Å². The van der Waals surface area contributed by atoms with Crippen molar-refractivity contribution in [2.45, 2.75) is 0 Å². The van der Waals surface area contributed by atoms with E-state index >= 15 is 0 Å². The average Bonchev–Trinajstić information content (AvgIpc) is 1.81. The largest absolute Gasteiger partial charge is 0.343 e. The summed E-state index contributed by atoms with van der Waals surface area (Å²) >= 11 is 0. The molecule has 0 atom stereocenters. The number of hydrogen-bond donors (Lipinski definition) is 1. The molecule has 0 amide bonds. The molecule has 0 spiro atoms. The Morgan fingerprint density at radius 1 is 1.60 bits per heavy atom. The summed E-state index contributed by atoms with van der Waals surface area (Å²) in [5.41, 5.74) is 6.70. The summed E-state index contributed by atoms with van der Waals surface area (Å²) < 4.78 is 0. The first-order chi connectivity index (χ1) is 4.59. The normalized spacial score (nSPS) is 8.90. The fourth-order valence-corrected chi connectivity index (χ4v) is 0.669. The van der Waals surface area contributed by atoms with E-state index in [1.165, 1.54) is 0 Å². The quantitative estimate of drug-likeness (QED) is 0.586. The molecule has 2 nitrogen and oxygen atoms in total. The van der Waals surface area contributed by atoms with Gasteiger partial charge in [0.15, 0.2) is 5.70 Å². The molecule has 0 aliphatic rings. The van der Waals surface area contributed by atoms with E-state index in [0.29, 0.717) is 24.5 Å². The Hall–Kier alpha value is -1.02. The fraction of sp³-hybridized carbons (Fsp3) is 0.250. The van der Waals surface area contributed by atoms with E-state index in [-0.39, 0.29) is 0 Å². The molecule has 0 bridgehead atoms. The van der Waals surface area contributed by atoms with Crippen molar-refractivity contribution in [2.75, 3.05) is 13.1 Å². The summed E-state index contributed by atoms with van der Waals surface area (Å²) in [5.74, 6) is 0. The summed E-state index contributed by atoms with van der Waals surface area (Å²) in [6.45, 7) is 15.9. The van der Waals surface area contributed by atoms with Gasteiger partial charge in [0, 0.05) is 13.1 Å². The predicted octanol–water partition coefficient (Wildman–Crippen LogP) is 0.943. The van der Waals surface area contributed by atoms with Gasteiger partial charge in [0.05, 0.1) is 13.5 Å². The van der Waals surface area contributed by atoms with Crippen LogP contribution in [0.4, 0.5) is 0 Å². The minimum atomic E-state index is 0.559. The van der Waals surface area contributed by atoms with Gasteiger partial charge in [-0.05, 0) is 0 Å². The van der Waals surface area contributed by atoms with Crippen LogP contribution < -0.4 is 5.73 Å². The zero-order valence-corrected chi connectivity index (χ0v) is 6.27. The molecule has 2 heteroatoms. The second kappa shape index (κ2) is 3.90. The minimum absolute atomic E-state index is 0.559. The van der Waals surface area contributed by atoms with E-state index in [0.717, 1.165) is 0 Å². The van der Waals surface area contributed by atoms with Crippen LogP contribution in [0.1, 0.15) is 0 Å². The third-order valence-electron chi connectivity index (χ3n) is 1.12. The topological polar surface area (TPSA) is 29.3 Å². The highest BCUT2D eigenvalue weighted by Crippen LogP contribution is 2.05. The first-order valence-corrected chi connectivity index (χ1v) is 3.09. The summed E-state index contributed by atoms with van der Waals surface area (Å²) in [6, 6.07) is 0. The number of hydrogen-bond acceptors (Lipinski definition) is 2. The molecule has 2 N–H and O–H groups in total. The monoisotopic (exact) mass is 138 g/mol. The number of nitrogens with zero attached hydrogens (tertiary/aromatic N) is 1. The molecule has 56 valence electrons. The highest BCUT2D eigenvalue weighted by molar-refractivity contribution is 5.11. The highest BCUT2D eigenvalue weighted by Gasteiger charge is 2.02. The van der Waals surface area contributed by atoms with Crippen LogP contribution in [0, 0.1) is 13.8 Å². The molecule has 0 aromatic heterocycles. The summed E-state index contributed by atoms with van der Waals surface area (Å²) in [6.07, 6.45) is 0. The lowest BCUT2D eigenvalue weighted by molar-refractivity contribution is 0.464. The molecule has 0 unspecified atom stereocenters. The van der Waals surface area contributed by atoms with E-state index in [4.69, 9.17) is 5.73 Å². The SMILES string of the molecule is C=C([CH2+])N(CCN)C(=C)[CH2-]. The van der Waals surface area contributed by atoms with Crippen LogP contribution in [0.3, 0.4) is 0 Å². The Labute approximate surface area is 63.0 Å². The van der Waals surface area contributed by atoms with Crippen molar-refractivity contribution < 1.29 is 0 Å². The van der Waals surface area contributed by atoms with Crippen molar-refractivity contribution in [3.8, 4) is 0 Å². The molecule has 0 aromatic carbocycles. The molecule has 0 rings (SSSR count). The van der Waals surface area contributed by atoms with Gasteiger partial charge < -0.3 is 10.6 Å². The Morgan fingerprint density at radius 2 is 2.10 bits per heavy atom. The molecule has 0 saturated heterocycles. The number of rotatable bonds is 4. The molecule has 0 aliphatic carbocycles. The molecule has 0 radical (unpaired) electrons. The number of nitrogens with two attached hydrogens (primary N) is 1. The molecular formula is C8H14N2. The third-order valence-corrected chi connectivity index (χ3v) is 1.12. The zero-order valence-electron chi connectivity index (χ0n) is 6.27. The molecule has 10 heavy (non-hydrogen) atoms. The average molecular weight is 138 g/mol. The van der Waals surface area contributed by atoms with Gasteiger partial charge in [-0.2, -0.15) is 0 Å². The molecule has 0 fully saturated rings. The van der Waals surface area contributed by atoms with Crippen molar-refractivity contribution in [3.05, 3.63) is 38.4 Å². The molecule has 0 heterocycles. The van der Waals surface area contributed by atoms with Crippen LogP contribution in [0.15, 0.2) is 24.6 Å². The lowest BCUT2D eigenvalue weighted by Gasteiger charge is -2.23. The van der Waals surface area contributed by atoms with Gasteiger partial charge in [0.25, 0.3) is 0 Å². The first kappa shape index (κ1) is 8.98. The maximum atomic E-state index is 5.33. The Bertz CT molecular complexity index is 124. The number of allylic oxidation sites excluding steroid dienone is 2. The smallest absolute Gasteiger partial charge is 0.188 e. The summed E-state index contributed by atoms with van der Waals surface area (Å²) in [4.78, 5) is 1.78. The standard InChI is InChI=1S/C8H14N2/c1-7(2)10(6-5-9)8(3)4/h1-6,9H2. The molecule has 0 saturated carbocycles. The molecular weight excluding hydrogens is 124 g/mol. The van der Waals surface area contributed by atoms with Crippen LogP contribution in [0.5, 0.6) is 0 Å². The summed E-state index contributed by atoms with van der Waals surface area (Å²) in [7, 11) is 0. The second-order valence-electron chi connectivity index (χ2n) is 2.07. The van der Waals surface area contributed by atoms with Gasteiger partial charge in [-0.25, -0.2) is 13.5 Å². The van der Waals surface area contributed by atoms with Crippen molar-refractivity contribution >= 4 is 0 Å². The van der Waals surface area contributed by atoms with Crippen LogP contribution in [0.25, 0.3) is 0 Å². The van der Waals surface area contributed by atoms with Crippen LogP contribution >= 0.6 is 0 Å². The van der Waals surface area contributed by atoms with Crippen molar-refractivity contribution in [1.29, 1.82) is 0 Å². The highest BCUT2D eigenvalue weighted by atomic mass is 15.1. The maximum absolute atomic E-state index is 5.33. The van der Waals surface area contributed by atoms with Crippen molar-refractivity contribution in [1.82, 2.24) is 4.90 Å². The fourth-order valence-electron chi connectivity index (χ4n) is 0.669. The second-order valence-corrected chi connectivity index (χ2v) is 2.07. The van der Waals surface area contributed by atoms with Gasteiger partial charge in [0.2, 0.25) is 0 Å². The molecule has 0 aliphatic heterocycles. The predicted molar refractivity (Wildman–Crippen MR) is 44.8 cm³/mol. The Balaban J connectivity index is 3.98. The van der Waals surface area contributed by atoms with Crippen LogP contribution in [-0.2, 0) is 0 Å². The van der Waals surface area contributed by atoms with Crippen molar-refractivity contribution in [2.24, 2.45) is 5.73 Å². The van der Waals surface area contributed by atoms with Crippen LogP contribution in [0.2, 0.25) is 0 Å². The third kappa shape index (κ3) is 2.51. The maximum Gasteiger partial charge on any atom is 0.188 e. The van der Waals surface area contributed by atoms with Crippen LogP contribution in [-0.4, -0.2) is 18.0 Å². The van der Waals surface area contributed by atoms with E-state index in [2.05, 4.69) is 27.0 Å². The zero-order chi connectivity index (χ0) is 8.15. The Kier molecular flexibility index (Phi) is 3.51. The van der Waals surface area contributed by atoms with Gasteiger partial charge >= 0.3 is 0 Å².